The molecule has 0 saturated carbocycles. The lowest BCUT2D eigenvalue weighted by Crippen LogP contribution is -2.61. The van der Waals surface area contributed by atoms with Crippen molar-refractivity contribution in [1.82, 2.24) is 20.4 Å². The van der Waals surface area contributed by atoms with Crippen LogP contribution in [0, 0.1) is 25.5 Å². The van der Waals surface area contributed by atoms with Gasteiger partial charge in [0, 0.05) is 36.7 Å². The SMILES string of the molecule is Cc1nnc2sc(C(=O)NC3CN(C(=O)Oc4cc(F)cc(F)c4)C3)c(N)c2c1C. The first-order valence-corrected chi connectivity index (χ1v) is 9.80. The fraction of sp³-hybridized carbons (Fsp3) is 0.263. The number of nitrogens with one attached hydrogen (secondary N) is 1. The molecule has 1 fully saturated rings. The molecule has 30 heavy (non-hydrogen) atoms. The van der Waals surface area contributed by atoms with E-state index < -0.39 is 17.7 Å². The van der Waals surface area contributed by atoms with Crippen molar-refractivity contribution in [3.63, 3.8) is 0 Å². The Morgan fingerprint density at radius 2 is 1.87 bits per heavy atom. The highest BCUT2D eigenvalue weighted by Gasteiger charge is 2.34. The third kappa shape index (κ3) is 3.63. The number of carbonyl (C=O) groups excluding carboxylic acids is 2. The Balaban J connectivity index is 1.37. The van der Waals surface area contributed by atoms with E-state index >= 15 is 0 Å². The average Bonchev–Trinajstić information content (AvgIpc) is 2.97. The van der Waals surface area contributed by atoms with Crippen LogP contribution in [0.2, 0.25) is 0 Å². The normalized spacial score (nSPS) is 13.9. The highest BCUT2D eigenvalue weighted by Crippen LogP contribution is 2.35. The quantitative estimate of drug-likeness (QED) is 0.657. The summed E-state index contributed by atoms with van der Waals surface area (Å²) in [6.45, 7) is 4.09. The number of ether oxygens (including phenoxy) is 1. The van der Waals surface area contributed by atoms with Gasteiger partial charge in [-0.3, -0.25) is 4.79 Å². The van der Waals surface area contributed by atoms with Gasteiger partial charge in [-0.2, -0.15) is 5.10 Å². The molecule has 3 heterocycles. The van der Waals surface area contributed by atoms with Crippen LogP contribution in [0.25, 0.3) is 10.2 Å². The highest BCUT2D eigenvalue weighted by atomic mass is 32.1. The molecule has 1 aliphatic rings. The number of likely N-dealkylation sites (tertiary alicyclic amines) is 1. The molecule has 1 saturated heterocycles. The zero-order valence-corrected chi connectivity index (χ0v) is 16.8. The van der Waals surface area contributed by atoms with Gasteiger partial charge in [0.05, 0.1) is 17.4 Å². The first-order valence-electron chi connectivity index (χ1n) is 8.98. The van der Waals surface area contributed by atoms with Crippen molar-refractivity contribution < 1.29 is 23.1 Å². The van der Waals surface area contributed by atoms with Gasteiger partial charge >= 0.3 is 6.09 Å². The van der Waals surface area contributed by atoms with Crippen LogP contribution < -0.4 is 15.8 Å². The molecule has 0 radical (unpaired) electrons. The molecule has 2 aromatic heterocycles. The first kappa shape index (κ1) is 20.0. The average molecular weight is 433 g/mol. The molecule has 156 valence electrons. The number of amides is 2. The van der Waals surface area contributed by atoms with Crippen LogP contribution in [-0.2, 0) is 0 Å². The van der Waals surface area contributed by atoms with Crippen molar-refractivity contribution in [2.75, 3.05) is 18.8 Å². The summed E-state index contributed by atoms with van der Waals surface area (Å²) in [4.78, 5) is 26.9. The number of nitrogen functional groups attached to an aromatic ring is 1. The third-order valence-corrected chi connectivity index (χ3v) is 5.95. The summed E-state index contributed by atoms with van der Waals surface area (Å²) in [6, 6.07) is 2.21. The molecular weight excluding hydrogens is 416 g/mol. The van der Waals surface area contributed by atoms with Crippen molar-refractivity contribution in [2.45, 2.75) is 19.9 Å². The molecule has 3 aromatic rings. The number of benzene rings is 1. The predicted octanol–water partition coefficient (Wildman–Crippen LogP) is 2.78. The summed E-state index contributed by atoms with van der Waals surface area (Å²) >= 11 is 1.16. The molecule has 0 unspecified atom stereocenters. The Morgan fingerprint density at radius 1 is 1.20 bits per heavy atom. The number of nitrogens with two attached hydrogens (primary N) is 1. The Morgan fingerprint density at radius 3 is 2.53 bits per heavy atom. The van der Waals surface area contributed by atoms with E-state index in [9.17, 15) is 18.4 Å². The Hall–Kier alpha value is -3.34. The van der Waals surface area contributed by atoms with Crippen molar-refractivity contribution in [3.05, 3.63) is 46.0 Å². The van der Waals surface area contributed by atoms with Gasteiger partial charge in [0.1, 0.15) is 27.1 Å². The van der Waals surface area contributed by atoms with Gasteiger partial charge in [0.25, 0.3) is 5.91 Å². The number of halogens is 2. The van der Waals surface area contributed by atoms with Crippen LogP contribution in [0.15, 0.2) is 18.2 Å². The van der Waals surface area contributed by atoms with Gasteiger partial charge in [-0.05, 0) is 19.4 Å². The van der Waals surface area contributed by atoms with Crippen molar-refractivity contribution >= 4 is 39.2 Å². The van der Waals surface area contributed by atoms with Gasteiger partial charge < -0.3 is 20.7 Å². The van der Waals surface area contributed by atoms with Gasteiger partial charge in [-0.15, -0.1) is 16.4 Å². The maximum absolute atomic E-state index is 13.2. The lowest BCUT2D eigenvalue weighted by atomic mass is 10.1. The van der Waals surface area contributed by atoms with E-state index in [0.29, 0.717) is 21.5 Å². The summed E-state index contributed by atoms with van der Waals surface area (Å²) < 4.78 is 31.3. The number of nitrogens with zero attached hydrogens (tertiary/aromatic N) is 3. The minimum Gasteiger partial charge on any atom is -0.410 e. The topological polar surface area (TPSA) is 110 Å². The zero-order valence-electron chi connectivity index (χ0n) is 16.0. The Kier molecular flexibility index (Phi) is 4.98. The van der Waals surface area contributed by atoms with Gasteiger partial charge in [0.15, 0.2) is 0 Å². The summed E-state index contributed by atoms with van der Waals surface area (Å²) in [5.41, 5.74) is 8.14. The highest BCUT2D eigenvalue weighted by molar-refractivity contribution is 7.21. The number of hydrogen-bond donors (Lipinski definition) is 2. The zero-order chi connectivity index (χ0) is 21.6. The van der Waals surface area contributed by atoms with Crippen LogP contribution in [0.1, 0.15) is 20.9 Å². The lowest BCUT2D eigenvalue weighted by molar-refractivity contribution is 0.0792. The fourth-order valence-corrected chi connectivity index (χ4v) is 4.14. The second kappa shape index (κ2) is 7.48. The number of fused-ring (bicyclic) bond motifs is 1. The van der Waals surface area contributed by atoms with E-state index in [2.05, 4.69) is 15.5 Å². The molecule has 1 aliphatic heterocycles. The third-order valence-electron chi connectivity index (χ3n) is 4.86. The molecule has 0 aliphatic carbocycles. The van der Waals surface area contributed by atoms with Gasteiger partial charge in [-0.1, -0.05) is 0 Å². The second-order valence-corrected chi connectivity index (χ2v) is 7.98. The molecule has 8 nitrogen and oxygen atoms in total. The smallest absolute Gasteiger partial charge is 0.410 e. The summed E-state index contributed by atoms with van der Waals surface area (Å²) in [5.74, 6) is -2.28. The Labute approximate surface area is 173 Å². The molecule has 2 amide bonds. The molecule has 1 aromatic carbocycles. The van der Waals surface area contributed by atoms with Crippen molar-refractivity contribution in [3.8, 4) is 5.75 Å². The minimum atomic E-state index is -0.845. The van der Waals surface area contributed by atoms with Crippen LogP contribution in [0.3, 0.4) is 0 Å². The number of rotatable bonds is 3. The second-order valence-electron chi connectivity index (χ2n) is 6.98. The van der Waals surface area contributed by atoms with Gasteiger partial charge in [0.2, 0.25) is 0 Å². The summed E-state index contributed by atoms with van der Waals surface area (Å²) in [5, 5.41) is 11.7. The van der Waals surface area contributed by atoms with E-state index in [4.69, 9.17) is 10.5 Å². The number of aromatic nitrogens is 2. The maximum atomic E-state index is 13.2. The van der Waals surface area contributed by atoms with E-state index in [0.717, 1.165) is 40.1 Å². The maximum Gasteiger partial charge on any atom is 0.415 e. The molecule has 11 heteroatoms. The van der Waals surface area contributed by atoms with Crippen LogP contribution >= 0.6 is 11.3 Å². The molecule has 0 spiro atoms. The van der Waals surface area contributed by atoms with Crippen LogP contribution in [0.4, 0.5) is 19.3 Å². The van der Waals surface area contributed by atoms with Gasteiger partial charge in [-0.25, -0.2) is 13.6 Å². The molecule has 3 N–H and O–H groups in total. The number of hydrogen-bond acceptors (Lipinski definition) is 7. The first-order chi connectivity index (χ1) is 14.2. The van der Waals surface area contributed by atoms with Crippen molar-refractivity contribution in [1.29, 1.82) is 0 Å². The monoisotopic (exact) mass is 433 g/mol. The number of thiophene rings is 1. The number of aryl methyl sites for hydroxylation is 2. The molecular formula is C19H17F2N5O3S. The van der Waals surface area contributed by atoms with Crippen LogP contribution in [0.5, 0.6) is 5.75 Å². The fourth-order valence-electron chi connectivity index (χ4n) is 3.13. The Bertz CT molecular complexity index is 1160. The van der Waals surface area contributed by atoms with Crippen LogP contribution in [-0.4, -0.2) is 46.2 Å². The van der Waals surface area contributed by atoms with E-state index in [1.54, 1.807) is 0 Å². The standard InChI is InChI=1S/C19H17F2N5O3S/c1-8-9(2)24-25-18-14(8)15(22)16(30-18)17(27)23-12-6-26(7-12)19(28)29-13-4-10(20)3-11(21)5-13/h3-5,12H,6-7,22H2,1-2H3,(H,23,27). The molecule has 0 bridgehead atoms. The predicted molar refractivity (Wildman–Crippen MR) is 107 cm³/mol. The number of anilines is 1. The number of carbonyl (C=O) groups is 2. The molecule has 4 rings (SSSR count). The minimum absolute atomic E-state index is 0.200. The summed E-state index contributed by atoms with van der Waals surface area (Å²) in [7, 11) is 0. The van der Waals surface area contributed by atoms with E-state index in [1.807, 2.05) is 13.8 Å². The largest absolute Gasteiger partial charge is 0.415 e. The van der Waals surface area contributed by atoms with Crippen molar-refractivity contribution in [2.24, 2.45) is 0 Å². The lowest BCUT2D eigenvalue weighted by Gasteiger charge is -2.38. The summed E-state index contributed by atoms with van der Waals surface area (Å²) in [6.07, 6.45) is -0.756. The molecule has 0 atom stereocenters. The van der Waals surface area contributed by atoms with E-state index in [-0.39, 0.29) is 30.8 Å². The van der Waals surface area contributed by atoms with E-state index in [1.165, 1.54) is 4.90 Å².